The molecule has 140 valence electrons. The van der Waals surface area contributed by atoms with Crippen molar-refractivity contribution in [3.8, 4) is 11.5 Å². The third kappa shape index (κ3) is 3.44. The highest BCUT2D eigenvalue weighted by Crippen LogP contribution is 2.35. The topological polar surface area (TPSA) is 82.0 Å². The number of carbonyl (C=O) groups excluding carboxylic acids is 1. The first-order chi connectivity index (χ1) is 13.0. The normalized spacial score (nSPS) is 15.7. The highest BCUT2D eigenvalue weighted by molar-refractivity contribution is 7.99. The number of nitrogens with zero attached hydrogens (tertiary/aromatic N) is 3. The maximum Gasteiger partial charge on any atom is 0.192 e. The number of Topliss-reactive ketones (excluding diaryl/α,β-unsaturated/α-hetero) is 1. The van der Waals surface area contributed by atoms with E-state index in [0.29, 0.717) is 29.1 Å². The van der Waals surface area contributed by atoms with E-state index in [2.05, 4.69) is 15.2 Å². The first-order valence-electron chi connectivity index (χ1n) is 8.63. The van der Waals surface area contributed by atoms with E-state index < -0.39 is 0 Å². The number of aromatic nitrogens is 4. The van der Waals surface area contributed by atoms with Crippen molar-refractivity contribution in [1.29, 1.82) is 0 Å². The number of para-hydroxylation sites is 2. The summed E-state index contributed by atoms with van der Waals surface area (Å²) in [6.45, 7) is 4.22. The Morgan fingerprint density at radius 1 is 1.30 bits per heavy atom. The molecule has 0 bridgehead atoms. The molecule has 0 saturated carbocycles. The molecule has 0 radical (unpaired) electrons. The molecule has 2 aromatic heterocycles. The predicted molar refractivity (Wildman–Crippen MR) is 102 cm³/mol. The lowest BCUT2D eigenvalue weighted by atomic mass is 10.2. The van der Waals surface area contributed by atoms with Crippen molar-refractivity contribution in [2.45, 2.75) is 25.1 Å². The van der Waals surface area contributed by atoms with E-state index in [1.807, 2.05) is 55.8 Å². The Balaban J connectivity index is 1.45. The van der Waals surface area contributed by atoms with E-state index in [-0.39, 0.29) is 11.9 Å². The molecule has 1 N–H and O–H groups in total. The van der Waals surface area contributed by atoms with E-state index in [4.69, 9.17) is 9.47 Å². The minimum Gasteiger partial charge on any atom is -0.485 e. The van der Waals surface area contributed by atoms with Gasteiger partial charge in [-0.15, -0.1) is 10.2 Å². The van der Waals surface area contributed by atoms with Crippen LogP contribution in [0.5, 0.6) is 11.5 Å². The van der Waals surface area contributed by atoms with Crippen LogP contribution in [0.4, 0.5) is 0 Å². The summed E-state index contributed by atoms with van der Waals surface area (Å²) < 4.78 is 13.6. The van der Waals surface area contributed by atoms with Crippen LogP contribution >= 0.6 is 11.8 Å². The molecule has 0 amide bonds. The molecular weight excluding hydrogens is 364 g/mol. The van der Waals surface area contributed by atoms with Gasteiger partial charge >= 0.3 is 0 Å². The summed E-state index contributed by atoms with van der Waals surface area (Å²) in [4.78, 5) is 15.6. The number of hydrogen-bond acceptors (Lipinski definition) is 6. The minimum absolute atomic E-state index is 0.0672. The van der Waals surface area contributed by atoms with Crippen molar-refractivity contribution in [2.24, 2.45) is 7.05 Å². The molecule has 27 heavy (non-hydrogen) atoms. The van der Waals surface area contributed by atoms with Gasteiger partial charge in [-0.2, -0.15) is 0 Å². The monoisotopic (exact) mass is 384 g/mol. The van der Waals surface area contributed by atoms with Gasteiger partial charge in [0.2, 0.25) is 0 Å². The van der Waals surface area contributed by atoms with Crippen LogP contribution in [0.1, 0.15) is 33.7 Å². The van der Waals surface area contributed by atoms with Crippen LogP contribution in [-0.2, 0) is 7.05 Å². The van der Waals surface area contributed by atoms with Crippen LogP contribution in [0, 0.1) is 13.8 Å². The number of benzene rings is 1. The molecule has 0 aliphatic carbocycles. The zero-order valence-electron chi connectivity index (χ0n) is 15.4. The van der Waals surface area contributed by atoms with Crippen LogP contribution in [0.15, 0.2) is 35.5 Å². The third-order valence-electron chi connectivity index (χ3n) is 4.45. The molecule has 3 heterocycles. The fourth-order valence-corrected chi connectivity index (χ4v) is 3.90. The number of nitrogens with one attached hydrogen (secondary N) is 1. The zero-order valence-corrected chi connectivity index (χ0v) is 16.2. The number of H-pyrrole nitrogens is 1. The molecule has 0 fully saturated rings. The quantitative estimate of drug-likeness (QED) is 0.537. The maximum atomic E-state index is 12.5. The summed E-state index contributed by atoms with van der Waals surface area (Å²) in [5, 5.41) is 9.15. The number of ether oxygens (including phenoxy) is 2. The smallest absolute Gasteiger partial charge is 0.192 e. The number of carbonyl (C=O) groups is 1. The fourth-order valence-electron chi connectivity index (χ4n) is 3.10. The van der Waals surface area contributed by atoms with Crippen molar-refractivity contribution in [3.63, 3.8) is 0 Å². The number of ketones is 1. The lowest BCUT2D eigenvalue weighted by molar-refractivity contribution is 0.0825. The number of aryl methyl sites for hydroxylation is 2. The van der Waals surface area contributed by atoms with Crippen molar-refractivity contribution in [2.75, 3.05) is 12.4 Å². The standard InChI is InChI=1S/C19H20N4O3S/c1-11-8-13(12(2)20-11)14(24)10-27-19-22-21-18(23(19)3)17-9-25-15-6-4-5-7-16(15)26-17/h4-8,17,20H,9-10H2,1-3H3/t17-/m0/s1. The number of rotatable bonds is 5. The van der Waals surface area contributed by atoms with E-state index in [1.165, 1.54) is 11.8 Å². The molecule has 0 saturated heterocycles. The molecule has 1 aliphatic heterocycles. The van der Waals surface area contributed by atoms with Crippen LogP contribution in [0.25, 0.3) is 0 Å². The van der Waals surface area contributed by atoms with Gasteiger partial charge in [0, 0.05) is 24.0 Å². The Hall–Kier alpha value is -2.74. The largest absolute Gasteiger partial charge is 0.485 e. The highest BCUT2D eigenvalue weighted by atomic mass is 32.2. The third-order valence-corrected chi connectivity index (χ3v) is 5.47. The maximum absolute atomic E-state index is 12.5. The van der Waals surface area contributed by atoms with Gasteiger partial charge < -0.3 is 19.0 Å². The van der Waals surface area contributed by atoms with Crippen LogP contribution in [0.3, 0.4) is 0 Å². The molecule has 8 heteroatoms. The van der Waals surface area contributed by atoms with Crippen LogP contribution < -0.4 is 9.47 Å². The minimum atomic E-state index is -0.336. The van der Waals surface area contributed by atoms with Gasteiger partial charge in [-0.3, -0.25) is 4.79 Å². The number of hydrogen-bond donors (Lipinski definition) is 1. The number of aromatic amines is 1. The van der Waals surface area contributed by atoms with Gasteiger partial charge in [0.25, 0.3) is 0 Å². The van der Waals surface area contributed by atoms with Gasteiger partial charge in [0.1, 0.15) is 6.61 Å². The first-order valence-corrected chi connectivity index (χ1v) is 9.61. The second kappa shape index (κ2) is 7.11. The summed E-state index contributed by atoms with van der Waals surface area (Å²) in [5.41, 5.74) is 2.60. The number of fused-ring (bicyclic) bond motifs is 1. The highest BCUT2D eigenvalue weighted by Gasteiger charge is 2.27. The Morgan fingerprint density at radius 2 is 2.07 bits per heavy atom. The average molecular weight is 384 g/mol. The second-order valence-electron chi connectivity index (χ2n) is 6.47. The SMILES string of the molecule is Cc1cc(C(=O)CSc2nnc([C@@H]3COc4ccccc4O3)n2C)c(C)[nH]1. The van der Waals surface area contributed by atoms with Gasteiger partial charge in [-0.1, -0.05) is 23.9 Å². The van der Waals surface area contributed by atoms with E-state index in [1.54, 1.807) is 0 Å². The lowest BCUT2D eigenvalue weighted by Crippen LogP contribution is -2.24. The molecule has 0 spiro atoms. The van der Waals surface area contributed by atoms with Gasteiger partial charge in [-0.25, -0.2) is 0 Å². The molecule has 1 atom stereocenters. The molecule has 7 nitrogen and oxygen atoms in total. The fraction of sp³-hybridized carbons (Fsp3) is 0.316. The van der Waals surface area contributed by atoms with Crippen molar-refractivity contribution in [3.05, 3.63) is 53.1 Å². The summed E-state index contributed by atoms with van der Waals surface area (Å²) in [6, 6.07) is 9.43. The summed E-state index contributed by atoms with van der Waals surface area (Å²) in [7, 11) is 1.87. The first kappa shape index (κ1) is 17.7. The van der Waals surface area contributed by atoms with Crippen LogP contribution in [0.2, 0.25) is 0 Å². The van der Waals surface area contributed by atoms with Gasteiger partial charge in [0.15, 0.2) is 34.4 Å². The molecular formula is C19H20N4O3S. The summed E-state index contributed by atoms with van der Waals surface area (Å²) in [6.07, 6.45) is -0.336. The Labute approximate surface area is 161 Å². The van der Waals surface area contributed by atoms with Crippen molar-refractivity contribution < 1.29 is 14.3 Å². The Morgan fingerprint density at radius 3 is 2.81 bits per heavy atom. The molecule has 4 rings (SSSR count). The summed E-state index contributed by atoms with van der Waals surface area (Å²) in [5.74, 6) is 2.47. The Bertz CT molecular complexity index is 995. The average Bonchev–Trinajstić information content (AvgIpc) is 3.20. The molecule has 0 unspecified atom stereocenters. The van der Waals surface area contributed by atoms with E-state index in [0.717, 1.165) is 22.7 Å². The zero-order chi connectivity index (χ0) is 19.0. The summed E-state index contributed by atoms with van der Waals surface area (Å²) >= 11 is 1.37. The second-order valence-corrected chi connectivity index (χ2v) is 7.41. The van der Waals surface area contributed by atoms with Gasteiger partial charge in [-0.05, 0) is 32.0 Å². The van der Waals surface area contributed by atoms with E-state index >= 15 is 0 Å². The van der Waals surface area contributed by atoms with Gasteiger partial charge in [0.05, 0.1) is 5.75 Å². The van der Waals surface area contributed by atoms with Crippen molar-refractivity contribution in [1.82, 2.24) is 19.7 Å². The number of thioether (sulfide) groups is 1. The Kier molecular flexibility index (Phi) is 4.65. The van der Waals surface area contributed by atoms with Crippen molar-refractivity contribution >= 4 is 17.5 Å². The molecule has 3 aromatic rings. The lowest BCUT2D eigenvalue weighted by Gasteiger charge is -2.25. The van der Waals surface area contributed by atoms with E-state index in [9.17, 15) is 4.79 Å². The molecule has 1 aliphatic rings. The predicted octanol–water partition coefficient (Wildman–Crippen LogP) is 3.25. The molecule has 1 aromatic carbocycles. The van der Waals surface area contributed by atoms with Crippen LogP contribution in [-0.4, -0.2) is 37.9 Å².